The topological polar surface area (TPSA) is 42.4 Å². The van der Waals surface area contributed by atoms with Crippen LogP contribution in [0.2, 0.25) is 0 Å². The average molecular weight is 243 g/mol. The number of aliphatic hydroxyl groups is 1. The Morgan fingerprint density at radius 1 is 1.17 bits per heavy atom. The molecule has 0 aliphatic carbocycles. The number of hydrogen-bond donors (Lipinski definition) is 1. The van der Waals surface area contributed by atoms with Gasteiger partial charge >= 0.3 is 0 Å². The smallest absolute Gasteiger partial charge is 0.130 e. The molecule has 0 saturated carbocycles. The Morgan fingerprint density at radius 2 is 1.89 bits per heavy atom. The minimum absolute atomic E-state index is 0.447. The zero-order valence-electron chi connectivity index (χ0n) is 10.6. The van der Waals surface area contributed by atoms with E-state index in [1.165, 1.54) is 0 Å². The first kappa shape index (κ1) is 12.6. The Hall–Kier alpha value is -1.87. The highest BCUT2D eigenvalue weighted by Crippen LogP contribution is 2.18. The van der Waals surface area contributed by atoms with Crippen molar-refractivity contribution in [1.82, 2.24) is 4.98 Å². The summed E-state index contributed by atoms with van der Waals surface area (Å²) in [6.45, 7) is 4.16. The van der Waals surface area contributed by atoms with Gasteiger partial charge in [-0.2, -0.15) is 0 Å². The lowest BCUT2D eigenvalue weighted by Crippen LogP contribution is -1.99. The van der Waals surface area contributed by atoms with Crippen LogP contribution in [0, 0.1) is 6.92 Å². The summed E-state index contributed by atoms with van der Waals surface area (Å²) in [5.74, 6) is 0.780. The van der Waals surface area contributed by atoms with Gasteiger partial charge in [-0.1, -0.05) is 18.2 Å². The normalized spacial score (nSPS) is 12.2. The molecule has 2 aromatic rings. The van der Waals surface area contributed by atoms with Gasteiger partial charge in [0.05, 0.1) is 11.8 Å². The molecule has 0 radical (unpaired) electrons. The van der Waals surface area contributed by atoms with Crippen molar-refractivity contribution in [3.63, 3.8) is 0 Å². The van der Waals surface area contributed by atoms with Gasteiger partial charge in [0.15, 0.2) is 0 Å². The van der Waals surface area contributed by atoms with Gasteiger partial charge < -0.3 is 9.84 Å². The molecule has 0 saturated heterocycles. The van der Waals surface area contributed by atoms with Crippen molar-refractivity contribution in [1.29, 1.82) is 0 Å². The molecule has 1 aromatic heterocycles. The van der Waals surface area contributed by atoms with Crippen LogP contribution in [0.4, 0.5) is 0 Å². The number of ether oxygens (including phenoxy) is 1. The summed E-state index contributed by atoms with van der Waals surface area (Å²) in [6, 6.07) is 13.3. The van der Waals surface area contributed by atoms with Crippen molar-refractivity contribution in [2.45, 2.75) is 26.6 Å². The molecule has 1 aromatic carbocycles. The Balaban J connectivity index is 1.98. The highest BCUT2D eigenvalue weighted by Gasteiger charge is 2.01. The van der Waals surface area contributed by atoms with Crippen LogP contribution in [-0.4, -0.2) is 10.1 Å². The molecule has 0 aliphatic heterocycles. The highest BCUT2D eigenvalue weighted by atomic mass is 16.5. The fraction of sp³-hybridized carbons (Fsp3) is 0.267. The second-order valence-electron chi connectivity index (χ2n) is 4.30. The number of aliphatic hydroxyl groups excluding tert-OH is 1. The molecule has 1 heterocycles. The van der Waals surface area contributed by atoms with Gasteiger partial charge in [-0.15, -0.1) is 0 Å². The molecule has 94 valence electrons. The highest BCUT2D eigenvalue weighted by molar-refractivity contribution is 5.28. The van der Waals surface area contributed by atoms with Crippen LogP contribution in [0.25, 0.3) is 0 Å². The quantitative estimate of drug-likeness (QED) is 0.897. The molecule has 1 unspecified atom stereocenters. The predicted molar refractivity (Wildman–Crippen MR) is 70.4 cm³/mol. The summed E-state index contributed by atoms with van der Waals surface area (Å²) in [4.78, 5) is 4.37. The fourth-order valence-corrected chi connectivity index (χ4v) is 1.68. The molecule has 0 aliphatic rings. The van der Waals surface area contributed by atoms with E-state index in [9.17, 15) is 5.11 Å². The summed E-state index contributed by atoms with van der Waals surface area (Å²) >= 11 is 0. The van der Waals surface area contributed by atoms with E-state index in [0.717, 1.165) is 22.7 Å². The van der Waals surface area contributed by atoms with Crippen LogP contribution in [0.3, 0.4) is 0 Å². The maximum Gasteiger partial charge on any atom is 0.130 e. The molecule has 3 heteroatoms. The summed E-state index contributed by atoms with van der Waals surface area (Å²) < 4.78 is 5.64. The Bertz CT molecular complexity index is 506. The number of aryl methyl sites for hydroxylation is 1. The third-order valence-corrected chi connectivity index (χ3v) is 2.70. The first-order chi connectivity index (χ1) is 8.65. The molecular formula is C15H17NO2. The van der Waals surface area contributed by atoms with E-state index in [4.69, 9.17) is 4.74 Å². The van der Waals surface area contributed by atoms with Crippen LogP contribution in [-0.2, 0) is 6.61 Å². The van der Waals surface area contributed by atoms with Crippen LogP contribution < -0.4 is 4.74 Å². The number of pyridine rings is 1. The molecule has 3 nitrogen and oxygen atoms in total. The van der Waals surface area contributed by atoms with Crippen LogP contribution >= 0.6 is 0 Å². The lowest BCUT2D eigenvalue weighted by atomic mass is 10.1. The molecule has 0 spiro atoms. The largest absolute Gasteiger partial charge is 0.487 e. The monoisotopic (exact) mass is 243 g/mol. The maximum atomic E-state index is 9.40. The van der Waals surface area contributed by atoms with Crippen molar-refractivity contribution in [3.05, 3.63) is 59.4 Å². The van der Waals surface area contributed by atoms with Crippen LogP contribution in [0.15, 0.2) is 42.5 Å². The van der Waals surface area contributed by atoms with Gasteiger partial charge in [0.25, 0.3) is 0 Å². The van der Waals surface area contributed by atoms with E-state index >= 15 is 0 Å². The Labute approximate surface area is 107 Å². The van der Waals surface area contributed by atoms with Gasteiger partial charge in [-0.3, -0.25) is 4.98 Å². The molecule has 0 bridgehead atoms. The first-order valence-electron chi connectivity index (χ1n) is 5.98. The summed E-state index contributed by atoms with van der Waals surface area (Å²) in [5.41, 5.74) is 2.78. The van der Waals surface area contributed by atoms with E-state index in [0.29, 0.717) is 6.61 Å². The third-order valence-electron chi connectivity index (χ3n) is 2.70. The molecule has 0 fully saturated rings. The lowest BCUT2D eigenvalue weighted by molar-refractivity contribution is 0.199. The average Bonchev–Trinajstić information content (AvgIpc) is 2.37. The van der Waals surface area contributed by atoms with E-state index in [-0.39, 0.29) is 0 Å². The van der Waals surface area contributed by atoms with Crippen molar-refractivity contribution in [2.75, 3.05) is 0 Å². The summed E-state index contributed by atoms with van der Waals surface area (Å²) in [7, 11) is 0. The van der Waals surface area contributed by atoms with Gasteiger partial charge in [0.1, 0.15) is 12.4 Å². The zero-order chi connectivity index (χ0) is 13.0. The summed E-state index contributed by atoms with van der Waals surface area (Å²) in [5, 5.41) is 9.40. The van der Waals surface area contributed by atoms with Gasteiger partial charge in [0, 0.05) is 5.69 Å². The second kappa shape index (κ2) is 5.65. The number of benzene rings is 1. The zero-order valence-corrected chi connectivity index (χ0v) is 10.6. The molecule has 1 atom stereocenters. The molecule has 0 amide bonds. The fourth-order valence-electron chi connectivity index (χ4n) is 1.68. The number of hydrogen-bond acceptors (Lipinski definition) is 3. The SMILES string of the molecule is Cc1cccc(COc2ccc(C(C)O)cc2)n1. The third kappa shape index (κ3) is 3.31. The second-order valence-corrected chi connectivity index (χ2v) is 4.30. The summed E-state index contributed by atoms with van der Waals surface area (Å²) in [6.07, 6.45) is -0.447. The Kier molecular flexibility index (Phi) is 3.95. The van der Waals surface area contributed by atoms with Crippen molar-refractivity contribution >= 4 is 0 Å². The predicted octanol–water partition coefficient (Wildman–Crippen LogP) is 3.02. The van der Waals surface area contributed by atoms with E-state index in [1.807, 2.05) is 49.4 Å². The van der Waals surface area contributed by atoms with Gasteiger partial charge in [-0.05, 0) is 43.7 Å². The molecule has 18 heavy (non-hydrogen) atoms. The number of nitrogens with zero attached hydrogens (tertiary/aromatic N) is 1. The lowest BCUT2D eigenvalue weighted by Gasteiger charge is -2.08. The van der Waals surface area contributed by atoms with Gasteiger partial charge in [-0.25, -0.2) is 0 Å². The Morgan fingerprint density at radius 3 is 2.50 bits per heavy atom. The van der Waals surface area contributed by atoms with E-state index < -0.39 is 6.10 Å². The van der Waals surface area contributed by atoms with Crippen molar-refractivity contribution < 1.29 is 9.84 Å². The first-order valence-corrected chi connectivity index (χ1v) is 5.98. The van der Waals surface area contributed by atoms with Crippen LogP contribution in [0.5, 0.6) is 5.75 Å². The standard InChI is InChI=1S/C15H17NO2/c1-11-4-3-5-14(16-11)10-18-15-8-6-13(7-9-15)12(2)17/h3-9,12,17H,10H2,1-2H3. The van der Waals surface area contributed by atoms with Crippen molar-refractivity contribution in [2.24, 2.45) is 0 Å². The molecule has 1 N–H and O–H groups in total. The minimum atomic E-state index is -0.447. The minimum Gasteiger partial charge on any atom is -0.487 e. The van der Waals surface area contributed by atoms with Crippen LogP contribution in [0.1, 0.15) is 30.0 Å². The maximum absolute atomic E-state index is 9.40. The number of rotatable bonds is 4. The number of aromatic nitrogens is 1. The van der Waals surface area contributed by atoms with E-state index in [2.05, 4.69) is 4.98 Å². The van der Waals surface area contributed by atoms with Crippen molar-refractivity contribution in [3.8, 4) is 5.75 Å². The van der Waals surface area contributed by atoms with E-state index in [1.54, 1.807) is 6.92 Å². The molecule has 2 rings (SSSR count). The molecular weight excluding hydrogens is 226 g/mol. The van der Waals surface area contributed by atoms with Gasteiger partial charge in [0.2, 0.25) is 0 Å².